The van der Waals surface area contributed by atoms with Gasteiger partial charge in [0.05, 0.1) is 5.51 Å². The molecule has 80 valence electrons. The van der Waals surface area contributed by atoms with Crippen LogP contribution in [0.3, 0.4) is 0 Å². The zero-order valence-corrected chi connectivity index (χ0v) is 9.73. The average Bonchev–Trinajstić information content (AvgIpc) is 2.63. The number of aromatic nitrogens is 1. The van der Waals surface area contributed by atoms with Gasteiger partial charge in [-0.15, -0.1) is 11.3 Å². The van der Waals surface area contributed by atoms with Crippen LogP contribution in [-0.4, -0.2) is 24.1 Å². The first-order valence-electron chi connectivity index (χ1n) is 5.10. The molecular formula is C10H19N3S. The summed E-state index contributed by atoms with van der Waals surface area (Å²) in [6.07, 6.45) is 3.10. The minimum absolute atomic E-state index is 0.594. The van der Waals surface area contributed by atoms with Crippen molar-refractivity contribution in [3.05, 3.63) is 16.6 Å². The molecule has 0 amide bonds. The summed E-state index contributed by atoms with van der Waals surface area (Å²) in [5.41, 5.74) is 1.87. The van der Waals surface area contributed by atoms with E-state index in [9.17, 15) is 0 Å². The first-order chi connectivity index (χ1) is 6.79. The molecule has 0 unspecified atom stereocenters. The summed E-state index contributed by atoms with van der Waals surface area (Å²) < 4.78 is 0. The Morgan fingerprint density at radius 1 is 1.43 bits per heavy atom. The zero-order valence-electron chi connectivity index (χ0n) is 8.92. The number of nitrogens with one attached hydrogen (secondary N) is 2. The molecule has 1 heterocycles. The SMILES string of the molecule is CC(C)NCCCNCc1cncs1. The highest BCUT2D eigenvalue weighted by Crippen LogP contribution is 2.03. The van der Waals surface area contributed by atoms with Crippen LogP contribution >= 0.6 is 11.3 Å². The average molecular weight is 213 g/mol. The summed E-state index contributed by atoms with van der Waals surface area (Å²) >= 11 is 1.70. The number of nitrogens with zero attached hydrogens (tertiary/aromatic N) is 1. The van der Waals surface area contributed by atoms with Crippen molar-refractivity contribution in [1.29, 1.82) is 0 Å². The van der Waals surface area contributed by atoms with Gasteiger partial charge >= 0.3 is 0 Å². The van der Waals surface area contributed by atoms with Crippen molar-refractivity contribution in [2.75, 3.05) is 13.1 Å². The Morgan fingerprint density at radius 3 is 2.93 bits per heavy atom. The van der Waals surface area contributed by atoms with Crippen LogP contribution < -0.4 is 10.6 Å². The van der Waals surface area contributed by atoms with E-state index in [-0.39, 0.29) is 0 Å². The van der Waals surface area contributed by atoms with Crippen molar-refractivity contribution in [1.82, 2.24) is 15.6 Å². The van der Waals surface area contributed by atoms with Gasteiger partial charge in [-0.05, 0) is 19.5 Å². The van der Waals surface area contributed by atoms with Crippen LogP contribution in [-0.2, 0) is 6.54 Å². The molecule has 4 heteroatoms. The lowest BCUT2D eigenvalue weighted by Crippen LogP contribution is -2.26. The quantitative estimate of drug-likeness (QED) is 0.676. The first-order valence-corrected chi connectivity index (χ1v) is 5.98. The molecule has 0 saturated carbocycles. The third-order valence-electron chi connectivity index (χ3n) is 1.87. The molecule has 0 spiro atoms. The van der Waals surface area contributed by atoms with Crippen LogP contribution in [0.2, 0.25) is 0 Å². The Hall–Kier alpha value is -0.450. The van der Waals surface area contributed by atoms with Crippen LogP contribution in [0.25, 0.3) is 0 Å². The molecule has 0 aliphatic heterocycles. The Labute approximate surface area is 89.9 Å². The highest BCUT2D eigenvalue weighted by atomic mass is 32.1. The predicted octanol–water partition coefficient (Wildman–Crippen LogP) is 1.62. The Kier molecular flexibility index (Phi) is 5.75. The van der Waals surface area contributed by atoms with Gasteiger partial charge in [0.15, 0.2) is 0 Å². The minimum atomic E-state index is 0.594. The number of rotatable bonds is 7. The number of hydrogen-bond acceptors (Lipinski definition) is 4. The van der Waals surface area contributed by atoms with Gasteiger partial charge in [-0.25, -0.2) is 0 Å². The summed E-state index contributed by atoms with van der Waals surface area (Å²) in [5, 5.41) is 6.78. The van der Waals surface area contributed by atoms with E-state index in [2.05, 4.69) is 29.5 Å². The van der Waals surface area contributed by atoms with Crippen LogP contribution in [0.1, 0.15) is 25.1 Å². The Morgan fingerprint density at radius 2 is 2.29 bits per heavy atom. The van der Waals surface area contributed by atoms with Crippen molar-refractivity contribution in [3.8, 4) is 0 Å². The van der Waals surface area contributed by atoms with Crippen LogP contribution in [0.5, 0.6) is 0 Å². The summed E-state index contributed by atoms with van der Waals surface area (Å²) in [6.45, 7) is 7.45. The fourth-order valence-corrected chi connectivity index (χ4v) is 1.71. The van der Waals surface area contributed by atoms with Gasteiger partial charge in [0.1, 0.15) is 0 Å². The lowest BCUT2D eigenvalue weighted by molar-refractivity contribution is 0.548. The molecule has 1 aromatic heterocycles. The standard InChI is InChI=1S/C10H19N3S/c1-9(2)13-5-3-4-11-6-10-7-12-8-14-10/h7-9,11,13H,3-6H2,1-2H3. The third-order valence-corrected chi connectivity index (χ3v) is 2.65. The largest absolute Gasteiger partial charge is 0.314 e. The maximum atomic E-state index is 4.03. The zero-order chi connectivity index (χ0) is 10.2. The fraction of sp³-hybridized carbons (Fsp3) is 0.700. The van der Waals surface area contributed by atoms with E-state index >= 15 is 0 Å². The maximum absolute atomic E-state index is 4.03. The molecule has 0 atom stereocenters. The van der Waals surface area contributed by atoms with Crippen molar-refractivity contribution in [2.45, 2.75) is 32.9 Å². The molecule has 2 N–H and O–H groups in total. The molecule has 0 saturated heterocycles. The number of thiazole rings is 1. The third kappa shape index (κ3) is 5.32. The molecule has 1 rings (SSSR count). The molecule has 0 aromatic carbocycles. The van der Waals surface area contributed by atoms with Crippen molar-refractivity contribution >= 4 is 11.3 Å². The second kappa shape index (κ2) is 6.92. The summed E-state index contributed by atoms with van der Waals surface area (Å²) in [6, 6.07) is 0.594. The van der Waals surface area contributed by atoms with E-state index in [1.807, 2.05) is 11.7 Å². The van der Waals surface area contributed by atoms with Gasteiger partial charge in [0.25, 0.3) is 0 Å². The van der Waals surface area contributed by atoms with E-state index in [0.717, 1.165) is 19.6 Å². The molecule has 14 heavy (non-hydrogen) atoms. The van der Waals surface area contributed by atoms with E-state index in [0.29, 0.717) is 6.04 Å². The van der Waals surface area contributed by atoms with Crippen LogP contribution in [0, 0.1) is 0 Å². The van der Waals surface area contributed by atoms with Gasteiger partial charge < -0.3 is 10.6 Å². The Balaban J connectivity index is 1.90. The van der Waals surface area contributed by atoms with E-state index in [4.69, 9.17) is 0 Å². The van der Waals surface area contributed by atoms with Gasteiger partial charge in [-0.1, -0.05) is 13.8 Å². The number of hydrogen-bond donors (Lipinski definition) is 2. The van der Waals surface area contributed by atoms with Gasteiger partial charge in [-0.3, -0.25) is 4.98 Å². The summed E-state index contributed by atoms with van der Waals surface area (Å²) in [7, 11) is 0. The predicted molar refractivity (Wildman–Crippen MR) is 61.6 cm³/mol. The Bertz CT molecular complexity index is 221. The van der Waals surface area contributed by atoms with Gasteiger partial charge in [0.2, 0.25) is 0 Å². The molecule has 3 nitrogen and oxygen atoms in total. The van der Waals surface area contributed by atoms with Crippen molar-refractivity contribution in [3.63, 3.8) is 0 Å². The summed E-state index contributed by atoms with van der Waals surface area (Å²) in [5.74, 6) is 0. The van der Waals surface area contributed by atoms with Crippen molar-refractivity contribution in [2.24, 2.45) is 0 Å². The second-order valence-electron chi connectivity index (χ2n) is 3.61. The first kappa shape index (κ1) is 11.6. The molecular weight excluding hydrogens is 194 g/mol. The van der Waals surface area contributed by atoms with Gasteiger partial charge in [0, 0.05) is 23.7 Å². The molecule has 0 bridgehead atoms. The maximum Gasteiger partial charge on any atom is 0.0794 e. The lowest BCUT2D eigenvalue weighted by atomic mass is 10.3. The topological polar surface area (TPSA) is 37.0 Å². The van der Waals surface area contributed by atoms with E-state index in [1.54, 1.807) is 11.3 Å². The highest BCUT2D eigenvalue weighted by Gasteiger charge is 1.94. The van der Waals surface area contributed by atoms with E-state index < -0.39 is 0 Å². The minimum Gasteiger partial charge on any atom is -0.314 e. The van der Waals surface area contributed by atoms with E-state index in [1.165, 1.54) is 11.3 Å². The molecule has 0 aliphatic carbocycles. The normalized spacial score (nSPS) is 11.1. The second-order valence-corrected chi connectivity index (χ2v) is 4.58. The smallest absolute Gasteiger partial charge is 0.0794 e. The van der Waals surface area contributed by atoms with Crippen LogP contribution in [0.4, 0.5) is 0 Å². The molecule has 1 aromatic rings. The molecule has 0 radical (unpaired) electrons. The molecule has 0 aliphatic rings. The lowest BCUT2D eigenvalue weighted by Gasteiger charge is -2.07. The monoisotopic (exact) mass is 213 g/mol. The van der Waals surface area contributed by atoms with Crippen molar-refractivity contribution < 1.29 is 0 Å². The van der Waals surface area contributed by atoms with Gasteiger partial charge in [-0.2, -0.15) is 0 Å². The highest BCUT2D eigenvalue weighted by molar-refractivity contribution is 7.09. The fourth-order valence-electron chi connectivity index (χ4n) is 1.15. The molecule has 0 fully saturated rings. The summed E-state index contributed by atoms with van der Waals surface area (Å²) in [4.78, 5) is 5.33. The van der Waals surface area contributed by atoms with Crippen LogP contribution in [0.15, 0.2) is 11.7 Å².